The molecular weight excluding hydrogens is 286 g/mol. The molecule has 3 heterocycles. The largest absolute Gasteiger partial charge is 0.384 e. The van der Waals surface area contributed by atoms with Gasteiger partial charge in [0.2, 0.25) is 0 Å². The summed E-state index contributed by atoms with van der Waals surface area (Å²) in [6.45, 7) is 3.21. The van der Waals surface area contributed by atoms with Crippen LogP contribution in [0.4, 0.5) is 11.5 Å². The van der Waals surface area contributed by atoms with Gasteiger partial charge < -0.3 is 16.4 Å². The van der Waals surface area contributed by atoms with E-state index in [1.165, 1.54) is 24.8 Å². The molecule has 0 amide bonds. The third-order valence-electron chi connectivity index (χ3n) is 4.71. The standard InChI is InChI=1S/C18H23N5/c19-18-7-14(13-1-2-13)6-17(23-18)15-5-16(11-21-10-15)22-9-12-3-4-20-8-12/h5-7,10-13,20,22H,1-4,8-9H2,(H2,19,23). The second-order valence-corrected chi connectivity index (χ2v) is 6.69. The van der Waals surface area contributed by atoms with Crippen molar-refractivity contribution in [2.75, 3.05) is 30.7 Å². The Kier molecular flexibility index (Phi) is 3.87. The highest BCUT2D eigenvalue weighted by Gasteiger charge is 2.24. The molecule has 1 aliphatic heterocycles. The molecule has 0 spiro atoms. The lowest BCUT2D eigenvalue weighted by Gasteiger charge is -2.12. The van der Waals surface area contributed by atoms with E-state index in [0.717, 1.165) is 36.6 Å². The van der Waals surface area contributed by atoms with Gasteiger partial charge in [0, 0.05) is 24.5 Å². The maximum absolute atomic E-state index is 5.99. The highest BCUT2D eigenvalue weighted by molar-refractivity contribution is 5.65. The van der Waals surface area contributed by atoms with Gasteiger partial charge in [0.1, 0.15) is 5.82 Å². The van der Waals surface area contributed by atoms with Crippen LogP contribution in [0.3, 0.4) is 0 Å². The second-order valence-electron chi connectivity index (χ2n) is 6.69. The number of aromatic nitrogens is 2. The minimum atomic E-state index is 0.597. The SMILES string of the molecule is Nc1cc(C2CC2)cc(-c2cncc(NCC3CCNC3)c2)n1. The topological polar surface area (TPSA) is 75.9 Å². The van der Waals surface area contributed by atoms with Crippen molar-refractivity contribution in [3.05, 3.63) is 36.2 Å². The van der Waals surface area contributed by atoms with Crippen LogP contribution in [-0.4, -0.2) is 29.6 Å². The van der Waals surface area contributed by atoms with Gasteiger partial charge in [-0.05, 0) is 68.0 Å². The first-order valence-electron chi connectivity index (χ1n) is 8.45. The van der Waals surface area contributed by atoms with E-state index in [1.54, 1.807) is 0 Å². The molecule has 4 N–H and O–H groups in total. The first-order valence-corrected chi connectivity index (χ1v) is 8.45. The van der Waals surface area contributed by atoms with E-state index in [-0.39, 0.29) is 0 Å². The van der Waals surface area contributed by atoms with Crippen LogP contribution in [0.25, 0.3) is 11.3 Å². The molecule has 120 valence electrons. The number of nitrogen functional groups attached to an aromatic ring is 1. The Morgan fingerprint density at radius 1 is 1.17 bits per heavy atom. The second kappa shape index (κ2) is 6.16. The van der Waals surface area contributed by atoms with Gasteiger partial charge in [-0.3, -0.25) is 4.98 Å². The third kappa shape index (κ3) is 3.45. The van der Waals surface area contributed by atoms with Crippen LogP contribution in [0.2, 0.25) is 0 Å². The van der Waals surface area contributed by atoms with Crippen LogP contribution in [-0.2, 0) is 0 Å². The molecule has 0 aromatic carbocycles. The summed E-state index contributed by atoms with van der Waals surface area (Å²) >= 11 is 0. The van der Waals surface area contributed by atoms with Crippen molar-refractivity contribution in [1.82, 2.24) is 15.3 Å². The van der Waals surface area contributed by atoms with Crippen LogP contribution in [0.5, 0.6) is 0 Å². The predicted octanol–water partition coefficient (Wildman–Crippen LogP) is 2.62. The number of nitrogens with zero attached hydrogens (tertiary/aromatic N) is 2. The van der Waals surface area contributed by atoms with Crippen molar-refractivity contribution in [3.63, 3.8) is 0 Å². The van der Waals surface area contributed by atoms with E-state index in [9.17, 15) is 0 Å². The van der Waals surface area contributed by atoms with Crippen molar-refractivity contribution in [2.45, 2.75) is 25.2 Å². The van der Waals surface area contributed by atoms with Crippen molar-refractivity contribution in [2.24, 2.45) is 5.92 Å². The van der Waals surface area contributed by atoms with Crippen LogP contribution < -0.4 is 16.4 Å². The average Bonchev–Trinajstić information content (AvgIpc) is 3.29. The molecular formula is C18H23N5. The van der Waals surface area contributed by atoms with E-state index < -0.39 is 0 Å². The zero-order valence-electron chi connectivity index (χ0n) is 13.3. The molecule has 5 nitrogen and oxygen atoms in total. The molecule has 23 heavy (non-hydrogen) atoms. The van der Waals surface area contributed by atoms with Gasteiger partial charge in [-0.1, -0.05) is 0 Å². The number of rotatable bonds is 5. The number of anilines is 2. The van der Waals surface area contributed by atoms with E-state index in [0.29, 0.717) is 17.7 Å². The number of hydrogen-bond acceptors (Lipinski definition) is 5. The Morgan fingerprint density at radius 2 is 2.09 bits per heavy atom. The molecule has 0 radical (unpaired) electrons. The third-order valence-corrected chi connectivity index (χ3v) is 4.71. The first kappa shape index (κ1) is 14.5. The van der Waals surface area contributed by atoms with Crippen molar-refractivity contribution >= 4 is 11.5 Å². The van der Waals surface area contributed by atoms with Crippen molar-refractivity contribution in [1.29, 1.82) is 0 Å². The fourth-order valence-electron chi connectivity index (χ4n) is 3.20. The normalized spacial score (nSPS) is 20.6. The minimum absolute atomic E-state index is 0.597. The molecule has 1 atom stereocenters. The summed E-state index contributed by atoms with van der Waals surface area (Å²) in [5, 5.41) is 6.89. The molecule has 1 saturated heterocycles. The van der Waals surface area contributed by atoms with E-state index in [2.05, 4.69) is 32.7 Å². The minimum Gasteiger partial charge on any atom is -0.384 e. The van der Waals surface area contributed by atoms with Crippen molar-refractivity contribution < 1.29 is 0 Å². The lowest BCUT2D eigenvalue weighted by molar-refractivity contribution is 0.615. The van der Waals surface area contributed by atoms with Gasteiger partial charge in [-0.25, -0.2) is 4.98 Å². The number of nitrogens with one attached hydrogen (secondary N) is 2. The molecule has 1 saturated carbocycles. The van der Waals surface area contributed by atoms with Gasteiger partial charge in [-0.15, -0.1) is 0 Å². The Labute approximate surface area is 136 Å². The summed E-state index contributed by atoms with van der Waals surface area (Å²) < 4.78 is 0. The summed E-state index contributed by atoms with van der Waals surface area (Å²) in [4.78, 5) is 8.86. The summed E-state index contributed by atoms with van der Waals surface area (Å²) in [7, 11) is 0. The summed E-state index contributed by atoms with van der Waals surface area (Å²) in [6.07, 6.45) is 7.50. The molecule has 5 heteroatoms. The molecule has 0 bridgehead atoms. The molecule has 1 aliphatic carbocycles. The molecule has 2 aromatic heterocycles. The van der Waals surface area contributed by atoms with E-state index in [1.807, 2.05) is 18.5 Å². The fourth-order valence-corrected chi connectivity index (χ4v) is 3.20. The average molecular weight is 309 g/mol. The van der Waals surface area contributed by atoms with Gasteiger partial charge in [-0.2, -0.15) is 0 Å². The Morgan fingerprint density at radius 3 is 2.87 bits per heavy atom. The Balaban J connectivity index is 1.53. The van der Waals surface area contributed by atoms with Crippen molar-refractivity contribution in [3.8, 4) is 11.3 Å². The highest BCUT2D eigenvalue weighted by Crippen LogP contribution is 2.41. The lowest BCUT2D eigenvalue weighted by Crippen LogP contribution is -2.17. The van der Waals surface area contributed by atoms with E-state index in [4.69, 9.17) is 5.73 Å². The van der Waals surface area contributed by atoms with Gasteiger partial charge in [0.15, 0.2) is 0 Å². The quantitative estimate of drug-likeness (QED) is 0.791. The predicted molar refractivity (Wildman–Crippen MR) is 93.3 cm³/mol. The van der Waals surface area contributed by atoms with Gasteiger partial charge >= 0.3 is 0 Å². The monoisotopic (exact) mass is 309 g/mol. The number of pyridine rings is 2. The first-order chi connectivity index (χ1) is 11.3. The highest BCUT2D eigenvalue weighted by atomic mass is 14.9. The lowest BCUT2D eigenvalue weighted by atomic mass is 10.1. The summed E-state index contributed by atoms with van der Waals surface area (Å²) in [5.41, 5.74) is 10.3. The van der Waals surface area contributed by atoms with Gasteiger partial charge in [0.05, 0.1) is 11.4 Å². The molecule has 2 fully saturated rings. The smallest absolute Gasteiger partial charge is 0.124 e. The Hall–Kier alpha value is -2.14. The molecule has 2 aliphatic rings. The summed E-state index contributed by atoms with van der Waals surface area (Å²) in [6, 6.07) is 6.29. The number of nitrogens with two attached hydrogens (primary N) is 1. The zero-order chi connectivity index (χ0) is 15.6. The van der Waals surface area contributed by atoms with Crippen LogP contribution in [0.1, 0.15) is 30.7 Å². The maximum atomic E-state index is 5.99. The molecule has 2 aromatic rings. The fraction of sp³-hybridized carbons (Fsp3) is 0.444. The summed E-state index contributed by atoms with van der Waals surface area (Å²) in [5.74, 6) is 1.97. The van der Waals surface area contributed by atoms with Crippen LogP contribution in [0.15, 0.2) is 30.6 Å². The Bertz CT molecular complexity index is 690. The van der Waals surface area contributed by atoms with Crippen LogP contribution in [0, 0.1) is 5.92 Å². The number of hydrogen-bond donors (Lipinski definition) is 3. The zero-order valence-corrected chi connectivity index (χ0v) is 13.3. The van der Waals surface area contributed by atoms with Gasteiger partial charge in [0.25, 0.3) is 0 Å². The van der Waals surface area contributed by atoms with E-state index >= 15 is 0 Å². The molecule has 1 unspecified atom stereocenters. The van der Waals surface area contributed by atoms with Crippen LogP contribution >= 0.6 is 0 Å². The maximum Gasteiger partial charge on any atom is 0.124 e. The molecule has 4 rings (SSSR count).